The van der Waals surface area contributed by atoms with Crippen LogP contribution < -0.4 is 9.64 Å². The van der Waals surface area contributed by atoms with Crippen LogP contribution in [0.25, 0.3) is 0 Å². The van der Waals surface area contributed by atoms with Crippen molar-refractivity contribution in [2.24, 2.45) is 0 Å². The number of hydrogen-bond donors (Lipinski definition) is 0. The average Bonchev–Trinajstić information content (AvgIpc) is 3.41. The normalized spacial score (nSPS) is 21.7. The number of halogens is 1. The largest absolute Gasteiger partial charge is 0.497 e. The van der Waals surface area contributed by atoms with Crippen LogP contribution in [0.4, 0.5) is 11.4 Å². The molecule has 0 atom stereocenters. The van der Waals surface area contributed by atoms with Crippen molar-refractivity contribution in [3.05, 3.63) is 99.3 Å². The molecular formula is C33H36ClN2O2+. The summed E-state index contributed by atoms with van der Waals surface area (Å²) in [5, 5.41) is 0.843. The Morgan fingerprint density at radius 2 is 1.74 bits per heavy atom. The first kappa shape index (κ1) is 26.2. The molecule has 5 heteroatoms. The highest BCUT2D eigenvalue weighted by atomic mass is 35.5. The molecule has 0 radical (unpaired) electrons. The summed E-state index contributed by atoms with van der Waals surface area (Å²) in [6.45, 7) is 8.93. The zero-order valence-corrected chi connectivity index (χ0v) is 24.1. The summed E-state index contributed by atoms with van der Waals surface area (Å²) in [5.74, 6) is 0.879. The fourth-order valence-electron chi connectivity index (χ4n) is 6.24. The summed E-state index contributed by atoms with van der Waals surface area (Å²) in [7, 11) is 5.92. The van der Waals surface area contributed by atoms with Crippen molar-refractivity contribution < 1.29 is 14.1 Å². The van der Waals surface area contributed by atoms with Crippen LogP contribution in [-0.4, -0.2) is 37.8 Å². The predicted molar refractivity (Wildman–Crippen MR) is 158 cm³/mol. The van der Waals surface area contributed by atoms with E-state index in [9.17, 15) is 4.79 Å². The third-order valence-corrected chi connectivity index (χ3v) is 9.03. The summed E-state index contributed by atoms with van der Waals surface area (Å²) in [5.41, 5.74) is 9.90. The number of allylic oxidation sites excluding steroid dienone is 8. The number of carbonyl (C=O) groups excluding carboxylic acids is 1. The van der Waals surface area contributed by atoms with Gasteiger partial charge in [-0.05, 0) is 79.8 Å². The number of likely N-dealkylation sites (N-methyl/N-ethyl adjacent to an activating group) is 1. The molecule has 0 unspecified atom stereocenters. The molecule has 0 saturated carbocycles. The number of hydrogen-bond acceptors (Lipinski definition) is 3. The van der Waals surface area contributed by atoms with Gasteiger partial charge in [0.1, 0.15) is 19.1 Å². The Labute approximate surface area is 231 Å². The monoisotopic (exact) mass is 527 g/mol. The van der Waals surface area contributed by atoms with Crippen molar-refractivity contribution in [1.29, 1.82) is 0 Å². The van der Waals surface area contributed by atoms with Crippen molar-refractivity contribution in [2.45, 2.75) is 51.4 Å². The van der Waals surface area contributed by atoms with E-state index in [0.717, 1.165) is 41.2 Å². The fraction of sp³-hybridized carbons (Fsp3) is 0.333. The van der Waals surface area contributed by atoms with Crippen LogP contribution in [0.2, 0.25) is 0 Å². The Morgan fingerprint density at radius 3 is 2.45 bits per heavy atom. The highest BCUT2D eigenvalue weighted by Gasteiger charge is 2.43. The number of fused-ring (bicyclic) bond motifs is 2. The first-order valence-corrected chi connectivity index (χ1v) is 13.5. The quantitative estimate of drug-likeness (QED) is 0.296. The summed E-state index contributed by atoms with van der Waals surface area (Å²) in [6.07, 6.45) is 11.5. The van der Waals surface area contributed by atoms with Crippen LogP contribution >= 0.6 is 11.6 Å². The highest BCUT2D eigenvalue weighted by Crippen LogP contribution is 2.47. The number of ether oxygens (including phenoxy) is 1. The third-order valence-electron chi connectivity index (χ3n) is 8.55. The highest BCUT2D eigenvalue weighted by molar-refractivity contribution is 6.33. The zero-order valence-electron chi connectivity index (χ0n) is 23.4. The topological polar surface area (TPSA) is 32.5 Å². The van der Waals surface area contributed by atoms with Crippen LogP contribution in [-0.2, 0) is 10.8 Å². The molecule has 0 N–H and O–H groups in total. The van der Waals surface area contributed by atoms with Crippen LogP contribution in [0.15, 0.2) is 82.6 Å². The van der Waals surface area contributed by atoms with Crippen LogP contribution in [0.1, 0.15) is 62.0 Å². The maximum atomic E-state index is 11.3. The first-order chi connectivity index (χ1) is 18.0. The second-order valence-electron chi connectivity index (χ2n) is 11.4. The van der Waals surface area contributed by atoms with Gasteiger partial charge in [0.2, 0.25) is 5.69 Å². The lowest BCUT2D eigenvalue weighted by Gasteiger charge is -2.23. The lowest BCUT2D eigenvalue weighted by molar-refractivity contribution is -0.401. The Bertz CT molecular complexity index is 1500. The molecule has 2 aromatic carbocycles. The molecule has 38 heavy (non-hydrogen) atoms. The van der Waals surface area contributed by atoms with Gasteiger partial charge < -0.3 is 9.64 Å². The van der Waals surface area contributed by atoms with Gasteiger partial charge in [-0.2, -0.15) is 4.58 Å². The van der Waals surface area contributed by atoms with E-state index in [-0.39, 0.29) is 10.8 Å². The lowest BCUT2D eigenvalue weighted by atomic mass is 9.81. The summed E-state index contributed by atoms with van der Waals surface area (Å²) in [4.78, 5) is 13.6. The van der Waals surface area contributed by atoms with Gasteiger partial charge in [0.05, 0.1) is 12.5 Å². The molecule has 196 valence electrons. The number of methoxy groups -OCH3 is 1. The fourth-order valence-corrected chi connectivity index (χ4v) is 6.55. The van der Waals surface area contributed by atoms with Crippen molar-refractivity contribution >= 4 is 35.0 Å². The molecule has 2 aliphatic heterocycles. The van der Waals surface area contributed by atoms with Crippen LogP contribution in [0.5, 0.6) is 5.75 Å². The van der Waals surface area contributed by atoms with Gasteiger partial charge in [-0.25, -0.2) is 0 Å². The molecule has 3 aliphatic rings. The standard InChI is InChI=1S/C33H36ClN2O2/c1-32(2)25-18-21(20-37)8-14-27(25)35(5)29(32)16-11-22-9-10-23(31(22)34)12-17-30-33(3,4)26-19-24(38-7)13-15-28(26)36(30)6/h8,11-20H,9-10H2,1-7H3/q+1. The van der Waals surface area contributed by atoms with E-state index in [4.69, 9.17) is 16.3 Å². The number of nitrogens with zero attached hydrogens (tertiary/aromatic N) is 2. The van der Waals surface area contributed by atoms with Crippen molar-refractivity contribution in [3.63, 3.8) is 0 Å². The van der Waals surface area contributed by atoms with Crippen LogP contribution in [0.3, 0.4) is 0 Å². The van der Waals surface area contributed by atoms with E-state index in [2.05, 4.69) is 87.7 Å². The number of rotatable bonds is 5. The maximum Gasteiger partial charge on any atom is 0.209 e. The van der Waals surface area contributed by atoms with E-state index in [1.807, 2.05) is 24.3 Å². The number of anilines is 1. The minimum Gasteiger partial charge on any atom is -0.497 e. The molecule has 4 nitrogen and oxygen atoms in total. The second-order valence-corrected chi connectivity index (χ2v) is 11.8. The van der Waals surface area contributed by atoms with E-state index in [1.54, 1.807) is 7.11 Å². The van der Waals surface area contributed by atoms with E-state index in [0.29, 0.717) is 5.56 Å². The van der Waals surface area contributed by atoms with E-state index in [1.165, 1.54) is 33.8 Å². The van der Waals surface area contributed by atoms with Gasteiger partial charge in [-0.15, -0.1) is 0 Å². The molecule has 2 aromatic rings. The summed E-state index contributed by atoms with van der Waals surface area (Å²) >= 11 is 6.93. The maximum absolute atomic E-state index is 11.3. The molecule has 2 heterocycles. The summed E-state index contributed by atoms with van der Waals surface area (Å²) in [6, 6.07) is 12.2. The van der Waals surface area contributed by atoms with Gasteiger partial charge in [0.15, 0.2) is 5.71 Å². The second kappa shape index (κ2) is 9.43. The number of aldehydes is 1. The molecule has 0 spiro atoms. The Balaban J connectivity index is 1.42. The number of benzene rings is 2. The van der Waals surface area contributed by atoms with Gasteiger partial charge in [0.25, 0.3) is 0 Å². The summed E-state index contributed by atoms with van der Waals surface area (Å²) < 4.78 is 7.75. The van der Waals surface area contributed by atoms with Crippen molar-refractivity contribution in [1.82, 2.24) is 0 Å². The molecular weight excluding hydrogens is 492 g/mol. The minimum absolute atomic E-state index is 0.138. The predicted octanol–water partition coefficient (Wildman–Crippen LogP) is 7.59. The SMILES string of the molecule is COc1ccc2c(c1)C(C)(C)C(/C=C/C1=C(Cl)C(=C/C=C3/N(C)c4ccc(C=O)cc4C3(C)C)/CC1)=[N+]2C. The third kappa shape index (κ3) is 4.06. The first-order valence-electron chi connectivity index (χ1n) is 13.1. The molecule has 0 aromatic heterocycles. The van der Waals surface area contributed by atoms with E-state index >= 15 is 0 Å². The van der Waals surface area contributed by atoms with Crippen molar-refractivity contribution in [2.75, 3.05) is 26.1 Å². The minimum atomic E-state index is -0.204. The Hall–Kier alpha value is -3.37. The van der Waals surface area contributed by atoms with Crippen LogP contribution in [0, 0.1) is 0 Å². The van der Waals surface area contributed by atoms with E-state index < -0.39 is 0 Å². The average molecular weight is 528 g/mol. The number of carbonyl (C=O) groups is 1. The molecule has 0 fully saturated rings. The van der Waals surface area contributed by atoms with Gasteiger partial charge in [-0.1, -0.05) is 37.6 Å². The Morgan fingerprint density at radius 1 is 0.974 bits per heavy atom. The Kier molecular flexibility index (Phi) is 6.51. The molecule has 0 bridgehead atoms. The molecule has 5 rings (SSSR count). The molecule has 0 amide bonds. The van der Waals surface area contributed by atoms with Crippen molar-refractivity contribution in [3.8, 4) is 5.75 Å². The molecule has 1 aliphatic carbocycles. The van der Waals surface area contributed by atoms with Gasteiger partial charge >= 0.3 is 0 Å². The smallest absolute Gasteiger partial charge is 0.209 e. The van der Waals surface area contributed by atoms with Gasteiger partial charge in [-0.3, -0.25) is 4.79 Å². The van der Waals surface area contributed by atoms with Gasteiger partial charge in [0, 0.05) is 52.1 Å². The zero-order chi connectivity index (χ0) is 27.4. The lowest BCUT2D eigenvalue weighted by Crippen LogP contribution is -2.26. The molecule has 0 saturated heterocycles.